The minimum absolute atomic E-state index is 0.142. The molecule has 2 saturated heterocycles. The zero-order valence-corrected chi connectivity index (χ0v) is 13.5. The highest BCUT2D eigenvalue weighted by Crippen LogP contribution is 2.37. The summed E-state index contributed by atoms with van der Waals surface area (Å²) in [5, 5.41) is 3.51. The zero-order chi connectivity index (χ0) is 15.7. The van der Waals surface area contributed by atoms with Gasteiger partial charge in [0.1, 0.15) is 0 Å². The van der Waals surface area contributed by atoms with Crippen LogP contribution in [0.5, 0.6) is 0 Å². The Labute approximate surface area is 137 Å². The standard InChI is InChI=1S/C18H25N3O2/c22-17(9-14-4-5-14)21-8-2-6-18(13-21)10-16(12-23-18)20-15-3-1-7-19-11-15/h1,3,7,11,14,16,20H,2,4-6,8-10,12-13H2. The average Bonchev–Trinajstić information content (AvgIpc) is 3.31. The van der Waals surface area contributed by atoms with E-state index < -0.39 is 0 Å². The van der Waals surface area contributed by atoms with Crippen molar-refractivity contribution in [2.24, 2.45) is 5.92 Å². The van der Waals surface area contributed by atoms with E-state index in [1.807, 2.05) is 23.2 Å². The van der Waals surface area contributed by atoms with Gasteiger partial charge >= 0.3 is 0 Å². The molecule has 4 rings (SSSR count). The highest BCUT2D eigenvalue weighted by atomic mass is 16.5. The smallest absolute Gasteiger partial charge is 0.222 e. The van der Waals surface area contributed by atoms with E-state index in [9.17, 15) is 4.79 Å². The number of aromatic nitrogens is 1. The quantitative estimate of drug-likeness (QED) is 0.927. The first-order chi connectivity index (χ1) is 11.2. The number of nitrogens with zero attached hydrogens (tertiary/aromatic N) is 2. The molecule has 1 aliphatic carbocycles. The first kappa shape index (κ1) is 14.9. The third kappa shape index (κ3) is 3.50. The summed E-state index contributed by atoms with van der Waals surface area (Å²) in [4.78, 5) is 18.6. The first-order valence-corrected chi connectivity index (χ1v) is 8.81. The van der Waals surface area contributed by atoms with Crippen LogP contribution < -0.4 is 5.32 Å². The highest BCUT2D eigenvalue weighted by Gasteiger charge is 2.44. The largest absolute Gasteiger partial charge is 0.379 e. The van der Waals surface area contributed by atoms with Crippen LogP contribution in [0.4, 0.5) is 5.69 Å². The summed E-state index contributed by atoms with van der Waals surface area (Å²) in [6.07, 6.45) is 9.92. The molecule has 3 heterocycles. The van der Waals surface area contributed by atoms with E-state index >= 15 is 0 Å². The van der Waals surface area contributed by atoms with Gasteiger partial charge in [0.2, 0.25) is 5.91 Å². The van der Waals surface area contributed by atoms with Crippen molar-refractivity contribution < 1.29 is 9.53 Å². The van der Waals surface area contributed by atoms with E-state index in [1.54, 1.807) is 6.20 Å². The Balaban J connectivity index is 1.35. The van der Waals surface area contributed by atoms with Gasteiger partial charge < -0.3 is 15.0 Å². The van der Waals surface area contributed by atoms with Gasteiger partial charge in [0.25, 0.3) is 0 Å². The fourth-order valence-electron chi connectivity index (χ4n) is 3.91. The molecular weight excluding hydrogens is 290 g/mol. The second-order valence-corrected chi connectivity index (χ2v) is 7.35. The van der Waals surface area contributed by atoms with E-state index in [0.29, 0.717) is 24.5 Å². The van der Waals surface area contributed by atoms with E-state index in [4.69, 9.17) is 4.74 Å². The molecule has 124 valence electrons. The Morgan fingerprint density at radius 1 is 1.48 bits per heavy atom. The molecule has 5 nitrogen and oxygen atoms in total. The number of amides is 1. The number of hydrogen-bond donors (Lipinski definition) is 1. The van der Waals surface area contributed by atoms with Crippen molar-refractivity contribution in [2.45, 2.75) is 50.2 Å². The lowest BCUT2D eigenvalue weighted by Crippen LogP contribution is -2.50. The van der Waals surface area contributed by atoms with Crippen LogP contribution >= 0.6 is 0 Å². The van der Waals surface area contributed by atoms with Crippen LogP contribution in [-0.4, -0.2) is 47.1 Å². The number of nitrogens with one attached hydrogen (secondary N) is 1. The van der Waals surface area contributed by atoms with E-state index in [0.717, 1.165) is 44.5 Å². The summed E-state index contributed by atoms with van der Waals surface area (Å²) in [6.45, 7) is 2.38. The van der Waals surface area contributed by atoms with Gasteiger partial charge in [-0.15, -0.1) is 0 Å². The number of carbonyl (C=O) groups is 1. The number of ether oxygens (including phenoxy) is 1. The normalized spacial score (nSPS) is 30.6. The summed E-state index contributed by atoms with van der Waals surface area (Å²) in [5.41, 5.74) is 0.896. The Hall–Kier alpha value is -1.62. The molecule has 1 amide bonds. The molecule has 1 aromatic heterocycles. The van der Waals surface area contributed by atoms with E-state index in [2.05, 4.69) is 10.3 Å². The molecule has 3 aliphatic rings. The maximum Gasteiger partial charge on any atom is 0.222 e. The maximum absolute atomic E-state index is 12.4. The third-order valence-corrected chi connectivity index (χ3v) is 5.29. The molecule has 5 heteroatoms. The molecule has 2 atom stereocenters. The fraction of sp³-hybridized carbons (Fsp3) is 0.667. The number of hydrogen-bond acceptors (Lipinski definition) is 4. The number of pyridine rings is 1. The van der Waals surface area contributed by atoms with Crippen LogP contribution in [0.1, 0.15) is 38.5 Å². The van der Waals surface area contributed by atoms with Crippen molar-refractivity contribution in [1.29, 1.82) is 0 Å². The van der Waals surface area contributed by atoms with Crippen molar-refractivity contribution in [1.82, 2.24) is 9.88 Å². The molecule has 1 N–H and O–H groups in total. The average molecular weight is 315 g/mol. The monoisotopic (exact) mass is 315 g/mol. The summed E-state index contributed by atoms with van der Waals surface area (Å²) < 4.78 is 6.19. The molecule has 1 aromatic rings. The highest BCUT2D eigenvalue weighted by molar-refractivity contribution is 5.77. The summed E-state index contributed by atoms with van der Waals surface area (Å²) >= 11 is 0. The number of anilines is 1. The van der Waals surface area contributed by atoms with Crippen LogP contribution in [0.2, 0.25) is 0 Å². The second-order valence-electron chi connectivity index (χ2n) is 7.35. The van der Waals surface area contributed by atoms with Gasteiger partial charge in [-0.1, -0.05) is 0 Å². The minimum atomic E-state index is -0.142. The summed E-state index contributed by atoms with van der Waals surface area (Å²) in [5.74, 6) is 0.990. The van der Waals surface area contributed by atoms with Gasteiger partial charge in [-0.3, -0.25) is 9.78 Å². The third-order valence-electron chi connectivity index (χ3n) is 5.29. The molecule has 1 saturated carbocycles. The number of carbonyl (C=O) groups excluding carboxylic acids is 1. The summed E-state index contributed by atoms with van der Waals surface area (Å²) in [7, 11) is 0. The Bertz CT molecular complexity index is 561. The molecule has 0 radical (unpaired) electrons. The van der Waals surface area contributed by atoms with E-state index in [1.165, 1.54) is 12.8 Å². The van der Waals surface area contributed by atoms with Crippen LogP contribution in [0.3, 0.4) is 0 Å². The van der Waals surface area contributed by atoms with Crippen LogP contribution in [0.15, 0.2) is 24.5 Å². The van der Waals surface area contributed by atoms with Crippen LogP contribution in [-0.2, 0) is 9.53 Å². The second kappa shape index (κ2) is 6.11. The van der Waals surface area contributed by atoms with Crippen molar-refractivity contribution in [3.63, 3.8) is 0 Å². The van der Waals surface area contributed by atoms with Gasteiger partial charge in [0.05, 0.1) is 23.9 Å². The number of rotatable bonds is 4. The lowest BCUT2D eigenvalue weighted by atomic mass is 9.88. The SMILES string of the molecule is O=C(CC1CC1)N1CCCC2(CC(Nc3cccnc3)CO2)C1. The molecule has 2 unspecified atom stereocenters. The van der Waals surface area contributed by atoms with Crippen LogP contribution in [0.25, 0.3) is 0 Å². The fourth-order valence-corrected chi connectivity index (χ4v) is 3.91. The summed E-state index contributed by atoms with van der Waals surface area (Å²) in [6, 6.07) is 4.27. The zero-order valence-electron chi connectivity index (χ0n) is 13.5. The van der Waals surface area contributed by atoms with Gasteiger partial charge in [-0.2, -0.15) is 0 Å². The number of piperidine rings is 1. The molecular formula is C18H25N3O2. The van der Waals surface area contributed by atoms with Gasteiger partial charge in [-0.05, 0) is 43.7 Å². The molecule has 23 heavy (non-hydrogen) atoms. The minimum Gasteiger partial charge on any atom is -0.379 e. The molecule has 3 fully saturated rings. The van der Waals surface area contributed by atoms with Crippen molar-refractivity contribution >= 4 is 11.6 Å². The first-order valence-electron chi connectivity index (χ1n) is 8.81. The van der Waals surface area contributed by atoms with Gasteiger partial charge in [-0.25, -0.2) is 0 Å². The van der Waals surface area contributed by atoms with Crippen molar-refractivity contribution in [2.75, 3.05) is 25.0 Å². The van der Waals surface area contributed by atoms with Gasteiger partial charge in [0.15, 0.2) is 0 Å². The molecule has 0 aromatic carbocycles. The van der Waals surface area contributed by atoms with Crippen molar-refractivity contribution in [3.8, 4) is 0 Å². The molecule has 0 bridgehead atoms. The lowest BCUT2D eigenvalue weighted by molar-refractivity contribution is -0.139. The van der Waals surface area contributed by atoms with E-state index in [-0.39, 0.29) is 5.60 Å². The van der Waals surface area contributed by atoms with Gasteiger partial charge in [0, 0.05) is 38.3 Å². The predicted octanol–water partition coefficient (Wildman–Crippen LogP) is 2.44. The van der Waals surface area contributed by atoms with Crippen LogP contribution in [0, 0.1) is 5.92 Å². The topological polar surface area (TPSA) is 54.5 Å². The molecule has 1 spiro atoms. The Morgan fingerprint density at radius 3 is 3.17 bits per heavy atom. The predicted molar refractivity (Wildman–Crippen MR) is 88.1 cm³/mol. The Kier molecular flexibility index (Phi) is 3.97. The molecule has 2 aliphatic heterocycles. The van der Waals surface area contributed by atoms with Crippen molar-refractivity contribution in [3.05, 3.63) is 24.5 Å². The number of likely N-dealkylation sites (tertiary alicyclic amines) is 1. The lowest BCUT2D eigenvalue weighted by Gasteiger charge is -2.39. The Morgan fingerprint density at radius 2 is 2.39 bits per heavy atom. The maximum atomic E-state index is 12.4.